The standard InChI is InChI=1S/C5H9N.W/c1-3-4-5-6-2;/h3-4,6H,1-2H3;/b4-3+;. The van der Waals surface area contributed by atoms with Crippen LogP contribution in [0.25, 0.3) is 0 Å². The molecule has 0 spiro atoms. The van der Waals surface area contributed by atoms with Gasteiger partial charge in [0.1, 0.15) is 0 Å². The van der Waals surface area contributed by atoms with Gasteiger partial charge in [0, 0.05) is 0 Å². The van der Waals surface area contributed by atoms with Crippen molar-refractivity contribution in [3.05, 3.63) is 12.2 Å². The van der Waals surface area contributed by atoms with Crippen molar-refractivity contribution >= 4 is 4.02 Å². The quantitative estimate of drug-likeness (QED) is 0.766. The van der Waals surface area contributed by atoms with Crippen molar-refractivity contribution in [2.45, 2.75) is 6.92 Å². The number of hydrogen-bond donors (Lipinski definition) is 1. The molecule has 0 amide bonds. The minimum atomic E-state index is 1.28. The zero-order valence-electron chi connectivity index (χ0n) is 4.56. The van der Waals surface area contributed by atoms with Gasteiger partial charge in [-0.2, -0.15) is 0 Å². The van der Waals surface area contributed by atoms with Crippen molar-refractivity contribution in [1.82, 2.24) is 5.32 Å². The van der Waals surface area contributed by atoms with Crippen LogP contribution in [0, 0.1) is 0 Å². The van der Waals surface area contributed by atoms with Gasteiger partial charge < -0.3 is 0 Å². The van der Waals surface area contributed by atoms with Crippen LogP contribution in [0.2, 0.25) is 0 Å². The molecule has 0 rings (SSSR count). The molecule has 0 aliphatic heterocycles. The van der Waals surface area contributed by atoms with Crippen LogP contribution in [-0.2, 0) is 19.4 Å². The summed E-state index contributed by atoms with van der Waals surface area (Å²) < 4.78 is 1.28. The first kappa shape index (κ1) is 7.26. The molecule has 0 aromatic heterocycles. The third kappa shape index (κ3) is 4.10. The van der Waals surface area contributed by atoms with Crippen molar-refractivity contribution in [3.63, 3.8) is 0 Å². The molecular formula is C5H9NW. The van der Waals surface area contributed by atoms with Gasteiger partial charge in [-0.1, -0.05) is 0 Å². The van der Waals surface area contributed by atoms with Crippen molar-refractivity contribution in [2.75, 3.05) is 7.05 Å². The average Bonchev–Trinajstić information content (AvgIpc) is 1.68. The summed E-state index contributed by atoms with van der Waals surface area (Å²) in [6, 6.07) is 0. The van der Waals surface area contributed by atoms with E-state index in [2.05, 4.69) is 11.4 Å². The molecule has 0 aromatic carbocycles. The molecule has 0 saturated heterocycles. The van der Waals surface area contributed by atoms with Gasteiger partial charge in [0.25, 0.3) is 0 Å². The summed E-state index contributed by atoms with van der Waals surface area (Å²) >= 11 is 1.48. The molecule has 0 saturated carbocycles. The molecule has 1 N–H and O–H groups in total. The summed E-state index contributed by atoms with van der Waals surface area (Å²) in [7, 11) is 1.93. The molecular weight excluding hydrogens is 258 g/mol. The Hall–Kier alpha value is 0.258. The Morgan fingerprint density at radius 1 is 1.71 bits per heavy atom. The molecule has 40 valence electrons. The maximum atomic E-state index is 3.03. The van der Waals surface area contributed by atoms with Gasteiger partial charge in [0.15, 0.2) is 0 Å². The molecule has 0 aromatic rings. The maximum absolute atomic E-state index is 3.03. The fourth-order valence-electron chi connectivity index (χ4n) is 0.235. The summed E-state index contributed by atoms with van der Waals surface area (Å²) in [6.07, 6.45) is 4.09. The van der Waals surface area contributed by atoms with Crippen molar-refractivity contribution in [1.29, 1.82) is 0 Å². The van der Waals surface area contributed by atoms with Gasteiger partial charge in [-0.05, 0) is 0 Å². The normalized spacial score (nSPS) is 10.0. The number of rotatable bonds is 2. The molecule has 0 unspecified atom stereocenters. The summed E-state index contributed by atoms with van der Waals surface area (Å²) in [6.45, 7) is 2.01. The monoisotopic (exact) mass is 267 g/mol. The molecule has 0 aliphatic carbocycles. The molecule has 2 heteroatoms. The van der Waals surface area contributed by atoms with Gasteiger partial charge in [0.05, 0.1) is 0 Å². The van der Waals surface area contributed by atoms with Crippen LogP contribution in [0.3, 0.4) is 0 Å². The molecule has 0 bridgehead atoms. The molecule has 0 fully saturated rings. The van der Waals surface area contributed by atoms with Crippen LogP contribution in [-0.4, -0.2) is 11.1 Å². The van der Waals surface area contributed by atoms with E-state index in [4.69, 9.17) is 0 Å². The van der Waals surface area contributed by atoms with Crippen molar-refractivity contribution in [3.8, 4) is 0 Å². The Bertz CT molecular complexity index is 86.1. The van der Waals surface area contributed by atoms with Crippen molar-refractivity contribution < 1.29 is 19.4 Å². The number of likely N-dealkylation sites (N-methyl/N-ethyl adjacent to an activating group) is 1. The van der Waals surface area contributed by atoms with Gasteiger partial charge in [-0.15, -0.1) is 0 Å². The third-order valence-corrected chi connectivity index (χ3v) is 1.79. The fraction of sp³-hybridized carbons (Fsp3) is 0.400. The molecule has 0 aliphatic rings. The van der Waals surface area contributed by atoms with Gasteiger partial charge in [0.2, 0.25) is 0 Å². The van der Waals surface area contributed by atoms with E-state index in [1.54, 1.807) is 0 Å². The van der Waals surface area contributed by atoms with E-state index in [9.17, 15) is 0 Å². The second-order valence-corrected chi connectivity index (χ2v) is 2.69. The number of hydrogen-bond acceptors (Lipinski definition) is 1. The van der Waals surface area contributed by atoms with E-state index in [1.165, 1.54) is 23.4 Å². The van der Waals surface area contributed by atoms with E-state index < -0.39 is 0 Å². The van der Waals surface area contributed by atoms with Gasteiger partial charge in [-0.25, -0.2) is 0 Å². The predicted molar refractivity (Wildman–Crippen MR) is 28.9 cm³/mol. The summed E-state index contributed by atoms with van der Waals surface area (Å²) in [4.78, 5) is 0. The number of allylic oxidation sites excluding steroid dienone is 1. The van der Waals surface area contributed by atoms with E-state index in [0.29, 0.717) is 0 Å². The van der Waals surface area contributed by atoms with Crippen LogP contribution in [0.5, 0.6) is 0 Å². The molecule has 0 atom stereocenters. The van der Waals surface area contributed by atoms with Crippen LogP contribution >= 0.6 is 0 Å². The van der Waals surface area contributed by atoms with E-state index in [-0.39, 0.29) is 0 Å². The molecule has 0 radical (unpaired) electrons. The molecule has 0 heterocycles. The van der Waals surface area contributed by atoms with Crippen LogP contribution in [0.1, 0.15) is 6.92 Å². The molecule has 7 heavy (non-hydrogen) atoms. The Balaban J connectivity index is 3.37. The summed E-state index contributed by atoms with van der Waals surface area (Å²) in [5.41, 5.74) is 0. The first-order valence-corrected chi connectivity index (χ1v) is 3.62. The van der Waals surface area contributed by atoms with E-state index >= 15 is 0 Å². The Morgan fingerprint density at radius 3 is 2.43 bits per heavy atom. The second kappa shape index (κ2) is 4.42. The topological polar surface area (TPSA) is 12.0 Å². The average molecular weight is 267 g/mol. The van der Waals surface area contributed by atoms with Crippen LogP contribution < -0.4 is 5.32 Å². The van der Waals surface area contributed by atoms with Crippen molar-refractivity contribution in [2.24, 2.45) is 0 Å². The Labute approximate surface area is 55.2 Å². The second-order valence-electron chi connectivity index (χ2n) is 1.11. The number of nitrogens with one attached hydrogen (secondary N) is 1. The first-order chi connectivity index (χ1) is 3.31. The van der Waals surface area contributed by atoms with E-state index in [0.717, 1.165) is 0 Å². The fourth-order valence-corrected chi connectivity index (χ4v) is 0.724. The van der Waals surface area contributed by atoms with Crippen LogP contribution in [0.15, 0.2) is 12.2 Å². The summed E-state index contributed by atoms with van der Waals surface area (Å²) in [5.74, 6) is 0. The Kier molecular flexibility index (Phi) is 4.58. The SMILES string of the molecule is C/C=C/[C](=[W])NC. The van der Waals surface area contributed by atoms with Crippen LogP contribution in [0.4, 0.5) is 0 Å². The van der Waals surface area contributed by atoms with E-state index in [1.807, 2.05) is 20.0 Å². The Morgan fingerprint density at radius 2 is 2.29 bits per heavy atom. The zero-order chi connectivity index (χ0) is 5.70. The van der Waals surface area contributed by atoms with Gasteiger partial charge in [-0.3, -0.25) is 0 Å². The zero-order valence-corrected chi connectivity index (χ0v) is 7.50. The minimum absolute atomic E-state index is 1.28. The third-order valence-electron chi connectivity index (χ3n) is 0.564. The first-order valence-electron chi connectivity index (χ1n) is 2.15. The van der Waals surface area contributed by atoms with Gasteiger partial charge >= 0.3 is 54.8 Å². The molecule has 1 nitrogen and oxygen atoms in total. The summed E-state index contributed by atoms with van der Waals surface area (Å²) in [5, 5.41) is 3.03. The predicted octanol–water partition coefficient (Wildman–Crippen LogP) is 0.459.